The fraction of sp³-hybridized carbons (Fsp3) is 0. The van der Waals surface area contributed by atoms with E-state index in [1.165, 1.54) is 0 Å². The van der Waals surface area contributed by atoms with Crippen LogP contribution in [0.3, 0.4) is 0 Å². The molecule has 0 spiro atoms. The maximum absolute atomic E-state index is 5.49. The number of rotatable bonds is 2. The van der Waals surface area contributed by atoms with Gasteiger partial charge in [0.1, 0.15) is 0 Å². The predicted octanol–water partition coefficient (Wildman–Crippen LogP) is 3.00. The molecule has 0 fully saturated rings. The average molecular weight is 322 g/mol. The van der Waals surface area contributed by atoms with Crippen molar-refractivity contribution in [3.63, 3.8) is 0 Å². The molecule has 3 heteroatoms. The van der Waals surface area contributed by atoms with Gasteiger partial charge in [0, 0.05) is 14.7 Å². The quantitative estimate of drug-likeness (QED) is 0.392. The molecule has 0 saturated heterocycles. The Morgan fingerprint density at radius 2 is 1.56 bits per heavy atom. The standard InChI is InChI=1S/C13H11IN2/c14-12-9-5-4-8-11(12)13(16-15)10-6-2-1-3-7-10/h1-9H,15H2/b16-13-. The Labute approximate surface area is 108 Å². The molecule has 0 unspecified atom stereocenters. The van der Waals surface area contributed by atoms with Gasteiger partial charge in [-0.05, 0) is 28.7 Å². The summed E-state index contributed by atoms with van der Waals surface area (Å²) in [6.07, 6.45) is 0. The van der Waals surface area contributed by atoms with Gasteiger partial charge < -0.3 is 5.84 Å². The second-order valence-electron chi connectivity index (χ2n) is 3.32. The summed E-state index contributed by atoms with van der Waals surface area (Å²) in [5, 5.41) is 3.90. The van der Waals surface area contributed by atoms with E-state index in [0.717, 1.165) is 20.4 Å². The molecule has 16 heavy (non-hydrogen) atoms. The molecule has 0 aromatic heterocycles. The molecule has 0 atom stereocenters. The third kappa shape index (κ3) is 2.24. The van der Waals surface area contributed by atoms with E-state index in [2.05, 4.69) is 27.7 Å². The molecule has 2 aromatic carbocycles. The minimum absolute atomic E-state index is 0.825. The van der Waals surface area contributed by atoms with Crippen LogP contribution in [-0.2, 0) is 0 Å². The number of benzene rings is 2. The summed E-state index contributed by atoms with van der Waals surface area (Å²) in [5.74, 6) is 5.49. The van der Waals surface area contributed by atoms with Crippen LogP contribution < -0.4 is 5.84 Å². The predicted molar refractivity (Wildman–Crippen MR) is 75.4 cm³/mol. The second-order valence-corrected chi connectivity index (χ2v) is 4.49. The van der Waals surface area contributed by atoms with E-state index in [0.29, 0.717) is 0 Å². The van der Waals surface area contributed by atoms with Crippen LogP contribution >= 0.6 is 22.6 Å². The van der Waals surface area contributed by atoms with Crippen LogP contribution in [0.5, 0.6) is 0 Å². The zero-order valence-corrected chi connectivity index (χ0v) is 10.8. The van der Waals surface area contributed by atoms with Gasteiger partial charge in [-0.25, -0.2) is 0 Å². The van der Waals surface area contributed by atoms with Crippen LogP contribution in [-0.4, -0.2) is 5.71 Å². The third-order valence-corrected chi connectivity index (χ3v) is 3.25. The van der Waals surface area contributed by atoms with Gasteiger partial charge in [-0.3, -0.25) is 0 Å². The van der Waals surface area contributed by atoms with Crippen molar-refractivity contribution in [2.24, 2.45) is 10.9 Å². The lowest BCUT2D eigenvalue weighted by Crippen LogP contribution is -2.07. The minimum Gasteiger partial charge on any atom is -0.323 e. The van der Waals surface area contributed by atoms with Crippen molar-refractivity contribution in [3.05, 3.63) is 69.3 Å². The first-order valence-corrected chi connectivity index (χ1v) is 5.99. The Bertz CT molecular complexity index is 506. The maximum Gasteiger partial charge on any atom is 0.0981 e. The van der Waals surface area contributed by atoms with Gasteiger partial charge >= 0.3 is 0 Å². The molecule has 0 saturated carbocycles. The molecule has 0 bridgehead atoms. The number of hydrogen-bond acceptors (Lipinski definition) is 2. The van der Waals surface area contributed by atoms with E-state index >= 15 is 0 Å². The molecule has 0 radical (unpaired) electrons. The molecule has 80 valence electrons. The van der Waals surface area contributed by atoms with Crippen molar-refractivity contribution < 1.29 is 0 Å². The Kier molecular flexibility index (Phi) is 3.56. The highest BCUT2D eigenvalue weighted by atomic mass is 127. The van der Waals surface area contributed by atoms with Gasteiger partial charge in [0.05, 0.1) is 5.71 Å². The van der Waals surface area contributed by atoms with E-state index in [1.54, 1.807) is 0 Å². The Morgan fingerprint density at radius 3 is 2.19 bits per heavy atom. The number of halogens is 1. The van der Waals surface area contributed by atoms with Gasteiger partial charge in [0.15, 0.2) is 0 Å². The maximum atomic E-state index is 5.49. The Hall–Kier alpha value is -1.36. The van der Waals surface area contributed by atoms with E-state index in [-0.39, 0.29) is 0 Å². The molecule has 0 aliphatic heterocycles. The van der Waals surface area contributed by atoms with Crippen LogP contribution in [0.15, 0.2) is 59.7 Å². The summed E-state index contributed by atoms with van der Waals surface area (Å²) in [4.78, 5) is 0. The van der Waals surface area contributed by atoms with Gasteiger partial charge in [-0.1, -0.05) is 48.5 Å². The smallest absolute Gasteiger partial charge is 0.0981 e. The van der Waals surface area contributed by atoms with E-state index < -0.39 is 0 Å². The highest BCUT2D eigenvalue weighted by Crippen LogP contribution is 2.16. The van der Waals surface area contributed by atoms with Crippen molar-refractivity contribution in [2.75, 3.05) is 0 Å². The third-order valence-electron chi connectivity index (χ3n) is 2.31. The zero-order valence-electron chi connectivity index (χ0n) is 8.60. The molecular formula is C13H11IN2. The number of nitrogens with zero attached hydrogens (tertiary/aromatic N) is 1. The first-order chi connectivity index (χ1) is 7.83. The normalized spacial score (nSPS) is 11.4. The van der Waals surface area contributed by atoms with Crippen molar-refractivity contribution in [3.8, 4) is 0 Å². The monoisotopic (exact) mass is 322 g/mol. The van der Waals surface area contributed by atoms with Gasteiger partial charge in [-0.2, -0.15) is 5.10 Å². The Balaban J connectivity index is 2.51. The Morgan fingerprint density at radius 1 is 0.938 bits per heavy atom. The zero-order chi connectivity index (χ0) is 11.4. The molecule has 0 heterocycles. The van der Waals surface area contributed by atoms with Crippen LogP contribution in [0.2, 0.25) is 0 Å². The number of hydrazone groups is 1. The molecular weight excluding hydrogens is 311 g/mol. The summed E-state index contributed by atoms with van der Waals surface area (Å²) in [7, 11) is 0. The molecule has 2 rings (SSSR count). The van der Waals surface area contributed by atoms with Crippen LogP contribution in [0.4, 0.5) is 0 Å². The molecule has 2 N–H and O–H groups in total. The number of hydrogen-bond donors (Lipinski definition) is 1. The minimum atomic E-state index is 0.825. The fourth-order valence-corrected chi connectivity index (χ4v) is 2.19. The van der Waals surface area contributed by atoms with Crippen molar-refractivity contribution in [1.82, 2.24) is 0 Å². The topological polar surface area (TPSA) is 38.4 Å². The molecule has 0 aliphatic carbocycles. The summed E-state index contributed by atoms with van der Waals surface area (Å²) < 4.78 is 1.15. The fourth-order valence-electron chi connectivity index (χ4n) is 1.55. The lowest BCUT2D eigenvalue weighted by atomic mass is 10.0. The van der Waals surface area contributed by atoms with Crippen LogP contribution in [0.25, 0.3) is 0 Å². The van der Waals surface area contributed by atoms with Crippen LogP contribution in [0.1, 0.15) is 11.1 Å². The van der Waals surface area contributed by atoms with E-state index in [9.17, 15) is 0 Å². The van der Waals surface area contributed by atoms with E-state index in [1.807, 2.05) is 54.6 Å². The average Bonchev–Trinajstić information content (AvgIpc) is 2.34. The second kappa shape index (κ2) is 5.12. The van der Waals surface area contributed by atoms with Crippen molar-refractivity contribution in [1.29, 1.82) is 0 Å². The highest BCUT2D eigenvalue weighted by molar-refractivity contribution is 14.1. The summed E-state index contributed by atoms with van der Waals surface area (Å²) in [6, 6.07) is 18.0. The lowest BCUT2D eigenvalue weighted by molar-refractivity contribution is 1.24. The summed E-state index contributed by atoms with van der Waals surface area (Å²) in [5.41, 5.74) is 2.93. The van der Waals surface area contributed by atoms with Crippen LogP contribution in [0, 0.1) is 3.57 Å². The van der Waals surface area contributed by atoms with Gasteiger partial charge in [-0.15, -0.1) is 0 Å². The molecule has 0 amide bonds. The highest BCUT2D eigenvalue weighted by Gasteiger charge is 2.08. The van der Waals surface area contributed by atoms with E-state index in [4.69, 9.17) is 5.84 Å². The molecule has 2 nitrogen and oxygen atoms in total. The first-order valence-electron chi connectivity index (χ1n) is 4.91. The number of nitrogens with two attached hydrogens (primary N) is 1. The SMILES string of the molecule is N/N=C(/c1ccccc1)c1ccccc1I. The van der Waals surface area contributed by atoms with Crippen molar-refractivity contribution in [2.45, 2.75) is 0 Å². The van der Waals surface area contributed by atoms with Gasteiger partial charge in [0.25, 0.3) is 0 Å². The lowest BCUT2D eigenvalue weighted by Gasteiger charge is -2.07. The largest absolute Gasteiger partial charge is 0.323 e. The van der Waals surface area contributed by atoms with Gasteiger partial charge in [0.2, 0.25) is 0 Å². The molecule has 2 aromatic rings. The first kappa shape index (κ1) is 11.1. The molecule has 0 aliphatic rings. The summed E-state index contributed by atoms with van der Waals surface area (Å²) in [6.45, 7) is 0. The van der Waals surface area contributed by atoms with Crippen molar-refractivity contribution >= 4 is 28.3 Å². The summed E-state index contributed by atoms with van der Waals surface area (Å²) >= 11 is 2.29.